The van der Waals surface area contributed by atoms with Crippen molar-refractivity contribution in [3.8, 4) is 5.75 Å². The molecule has 0 spiro atoms. The van der Waals surface area contributed by atoms with E-state index in [9.17, 15) is 44.4 Å². The maximum Gasteiger partial charge on any atom is 0.408 e. The number of methoxy groups -OCH3 is 1. The van der Waals surface area contributed by atoms with Crippen LogP contribution < -0.4 is 31.9 Å². The van der Waals surface area contributed by atoms with Crippen LogP contribution in [-0.2, 0) is 32.2 Å². The van der Waals surface area contributed by atoms with Crippen LogP contribution in [0.1, 0.15) is 44.0 Å². The number of hydrogen-bond donors (Lipinski definition) is 7. The number of nitrogens with one attached hydrogen (secondary N) is 3. The lowest BCUT2D eigenvalue weighted by Crippen LogP contribution is -2.54. The van der Waals surface area contributed by atoms with Crippen LogP contribution in [0.5, 0.6) is 5.75 Å². The lowest BCUT2D eigenvalue weighted by Gasteiger charge is -2.27. The van der Waals surface area contributed by atoms with Gasteiger partial charge in [-0.3, -0.25) is 23.5 Å². The molecule has 53 heavy (non-hydrogen) atoms. The molecule has 1 fully saturated rings. The van der Waals surface area contributed by atoms with Gasteiger partial charge in [0.15, 0.2) is 6.23 Å². The van der Waals surface area contributed by atoms with Gasteiger partial charge >= 0.3 is 17.8 Å². The molecule has 1 aliphatic rings. The number of carbonyl (C=O) groups excluding carboxylic acids is 2. The first-order chi connectivity index (χ1) is 25.3. The summed E-state index contributed by atoms with van der Waals surface area (Å²) in [5.41, 5.74) is -0.115. The number of ether oxygens (including phenoxy) is 3. The Balaban J connectivity index is 1.32. The van der Waals surface area contributed by atoms with E-state index in [2.05, 4.69) is 16.0 Å². The van der Waals surface area contributed by atoms with Gasteiger partial charge in [0.25, 0.3) is 5.56 Å². The number of carboxylic acid groups (broad SMARTS) is 1. The SMILES string of the molecule is COc1ccc(Cn2c(=O)ccn([C@@H]3OC([C@H](O)[C@H](NCCCNC(=O)[C@H](CC(C)C)NC(=O)OCc4ccccc4)C(=O)O)[C@@H](O)[C@H]3O)c2=O)cc1. The fourth-order valence-corrected chi connectivity index (χ4v) is 5.82. The van der Waals surface area contributed by atoms with Gasteiger partial charge in [-0.05, 0) is 48.6 Å². The number of carboxylic acids is 1. The van der Waals surface area contributed by atoms with E-state index in [0.717, 1.165) is 27.0 Å². The lowest BCUT2D eigenvalue weighted by molar-refractivity contribution is -0.149. The van der Waals surface area contributed by atoms with Crippen molar-refractivity contribution in [2.45, 2.75) is 82.6 Å². The highest BCUT2D eigenvalue weighted by molar-refractivity contribution is 5.85. The number of rotatable bonds is 18. The van der Waals surface area contributed by atoms with Crippen molar-refractivity contribution < 1.29 is 49.0 Å². The van der Waals surface area contributed by atoms with Gasteiger partial charge in [0.2, 0.25) is 5.91 Å². The Morgan fingerprint density at radius 3 is 2.28 bits per heavy atom. The Hall–Kier alpha value is -5.07. The van der Waals surface area contributed by atoms with Crippen molar-refractivity contribution in [1.82, 2.24) is 25.1 Å². The topological polar surface area (TPSA) is 240 Å². The molecule has 7 N–H and O–H groups in total. The average molecular weight is 742 g/mol. The van der Waals surface area contributed by atoms with Crippen molar-refractivity contribution in [2.75, 3.05) is 20.2 Å². The number of hydrogen-bond acceptors (Lipinski definition) is 12. The number of amides is 2. The van der Waals surface area contributed by atoms with E-state index in [1.165, 1.54) is 7.11 Å². The number of benzene rings is 2. The van der Waals surface area contributed by atoms with Gasteiger partial charge in [-0.2, -0.15) is 0 Å². The molecule has 17 heteroatoms. The molecule has 2 amide bonds. The molecule has 1 aliphatic heterocycles. The van der Waals surface area contributed by atoms with E-state index in [1.807, 2.05) is 32.0 Å². The Kier molecular flexibility index (Phi) is 14.7. The number of nitrogens with zero attached hydrogens (tertiary/aromatic N) is 2. The molecule has 0 aliphatic carbocycles. The second-order valence-electron chi connectivity index (χ2n) is 13.0. The monoisotopic (exact) mass is 741 g/mol. The van der Waals surface area contributed by atoms with Crippen molar-refractivity contribution >= 4 is 18.0 Å². The molecule has 0 bridgehead atoms. The molecule has 1 saturated heterocycles. The summed E-state index contributed by atoms with van der Waals surface area (Å²) >= 11 is 0. The third kappa shape index (κ3) is 11.0. The Morgan fingerprint density at radius 2 is 1.64 bits per heavy atom. The highest BCUT2D eigenvalue weighted by Gasteiger charge is 2.50. The zero-order valence-corrected chi connectivity index (χ0v) is 29.7. The quantitative estimate of drug-likeness (QED) is 0.0847. The molecule has 2 aromatic carbocycles. The van der Waals surface area contributed by atoms with E-state index in [1.54, 1.807) is 36.4 Å². The molecule has 17 nitrogen and oxygen atoms in total. The molecule has 2 heterocycles. The average Bonchev–Trinajstić information content (AvgIpc) is 3.43. The minimum absolute atomic E-state index is 0.0136. The summed E-state index contributed by atoms with van der Waals surface area (Å²) in [5.74, 6) is -1.31. The first kappa shape index (κ1) is 40.7. The van der Waals surface area contributed by atoms with Crippen LogP contribution in [0.15, 0.2) is 76.4 Å². The lowest BCUT2D eigenvalue weighted by atomic mass is 9.99. The number of carbonyl (C=O) groups is 3. The summed E-state index contributed by atoms with van der Waals surface area (Å²) in [5, 5.41) is 50.5. The second-order valence-corrected chi connectivity index (χ2v) is 13.0. The third-order valence-corrected chi connectivity index (χ3v) is 8.63. The van der Waals surface area contributed by atoms with Crippen molar-refractivity contribution in [3.63, 3.8) is 0 Å². The molecule has 1 aromatic heterocycles. The smallest absolute Gasteiger partial charge is 0.408 e. The zero-order valence-electron chi connectivity index (χ0n) is 29.7. The van der Waals surface area contributed by atoms with Crippen LogP contribution in [0.25, 0.3) is 0 Å². The largest absolute Gasteiger partial charge is 0.497 e. The molecule has 1 unspecified atom stereocenters. The molecule has 288 valence electrons. The standard InChI is InChI=1S/C36H47N5O12/c1-21(2)18-25(39-35(49)52-20-23-8-5-4-6-9-23)32(46)38-16-7-15-37-27(34(47)48)28(43)31-29(44)30(45)33(53-31)40-17-14-26(42)41(36(40)50)19-22-10-12-24(51-3)13-11-22/h4-6,8-14,17,21,25,27-31,33,37,43-45H,7,15-16,18-20H2,1-3H3,(H,38,46)(H,39,49)(H,47,48)/t25-,27-,28+,29-,30+,31?,33+/m0/s1. The summed E-state index contributed by atoms with van der Waals surface area (Å²) < 4.78 is 17.8. The second kappa shape index (κ2) is 19.1. The van der Waals surface area contributed by atoms with Crippen molar-refractivity contribution in [2.24, 2.45) is 5.92 Å². The van der Waals surface area contributed by atoms with Crippen LogP contribution >= 0.6 is 0 Å². The number of aliphatic carboxylic acids is 1. The van der Waals surface area contributed by atoms with E-state index in [0.29, 0.717) is 17.7 Å². The van der Waals surface area contributed by atoms with Crippen LogP contribution in [0.4, 0.5) is 4.79 Å². The van der Waals surface area contributed by atoms with Gasteiger partial charge in [0, 0.05) is 18.8 Å². The molecular weight excluding hydrogens is 694 g/mol. The Morgan fingerprint density at radius 1 is 0.943 bits per heavy atom. The van der Waals surface area contributed by atoms with Gasteiger partial charge in [0.05, 0.1) is 13.7 Å². The van der Waals surface area contributed by atoms with Gasteiger partial charge < -0.3 is 50.6 Å². The first-order valence-electron chi connectivity index (χ1n) is 17.2. The summed E-state index contributed by atoms with van der Waals surface area (Å²) in [6.07, 6.45) is -7.82. The highest BCUT2D eigenvalue weighted by Crippen LogP contribution is 2.31. The summed E-state index contributed by atoms with van der Waals surface area (Å²) in [6, 6.07) is 14.2. The maximum atomic E-state index is 13.4. The normalized spacial score (nSPS) is 20.0. The Bertz CT molecular complexity index is 1780. The number of aliphatic hydroxyl groups excluding tert-OH is 3. The van der Waals surface area contributed by atoms with Crippen molar-refractivity contribution in [3.05, 3.63) is 98.8 Å². The fourth-order valence-electron chi connectivity index (χ4n) is 5.82. The predicted molar refractivity (Wildman–Crippen MR) is 189 cm³/mol. The molecule has 0 radical (unpaired) electrons. The first-order valence-corrected chi connectivity index (χ1v) is 17.2. The predicted octanol–water partition coefficient (Wildman–Crippen LogP) is -0.0628. The van der Waals surface area contributed by atoms with Gasteiger partial charge in [-0.15, -0.1) is 0 Å². The molecule has 0 saturated carbocycles. The summed E-state index contributed by atoms with van der Waals surface area (Å²) in [4.78, 5) is 63.4. The van der Waals surface area contributed by atoms with Gasteiger partial charge in [0.1, 0.15) is 48.9 Å². The van der Waals surface area contributed by atoms with Crippen molar-refractivity contribution in [1.29, 1.82) is 0 Å². The van der Waals surface area contributed by atoms with Crippen LogP contribution in [-0.4, -0.2) is 104 Å². The zero-order chi connectivity index (χ0) is 38.7. The van der Waals surface area contributed by atoms with Crippen LogP contribution in [0, 0.1) is 5.92 Å². The highest BCUT2D eigenvalue weighted by atomic mass is 16.6. The van der Waals surface area contributed by atoms with E-state index >= 15 is 0 Å². The minimum Gasteiger partial charge on any atom is -0.497 e. The summed E-state index contributed by atoms with van der Waals surface area (Å²) in [7, 11) is 1.50. The van der Waals surface area contributed by atoms with E-state index < -0.39 is 71.9 Å². The van der Waals surface area contributed by atoms with Crippen LogP contribution in [0.3, 0.4) is 0 Å². The number of alkyl carbamates (subject to hydrolysis) is 1. The molecule has 7 atom stereocenters. The molecule has 4 rings (SSSR count). The number of aromatic nitrogens is 2. The van der Waals surface area contributed by atoms with E-state index in [-0.39, 0.29) is 38.6 Å². The van der Waals surface area contributed by atoms with Crippen LogP contribution in [0.2, 0.25) is 0 Å². The Labute approximate surface area is 305 Å². The summed E-state index contributed by atoms with van der Waals surface area (Å²) in [6.45, 7) is 3.77. The molecule has 3 aromatic rings. The van der Waals surface area contributed by atoms with E-state index in [4.69, 9.17) is 14.2 Å². The van der Waals surface area contributed by atoms with Gasteiger partial charge in [-0.1, -0.05) is 56.3 Å². The maximum absolute atomic E-state index is 13.4. The third-order valence-electron chi connectivity index (χ3n) is 8.63. The van der Waals surface area contributed by atoms with Gasteiger partial charge in [-0.25, -0.2) is 9.59 Å². The number of aliphatic hydroxyl groups is 3. The molecular formula is C36H47N5O12. The minimum atomic E-state index is -1.90. The fraction of sp³-hybridized carbons (Fsp3) is 0.472.